The predicted octanol–water partition coefficient (Wildman–Crippen LogP) is 2.22. The SMILES string of the molecule is Cc1nc(C2CC2)n(C(C)(C)C)n1. The van der Waals surface area contributed by atoms with Crippen LogP contribution in [0.5, 0.6) is 0 Å². The minimum atomic E-state index is 0.0686. The molecule has 1 saturated carbocycles. The number of nitrogens with zero attached hydrogens (tertiary/aromatic N) is 3. The first-order valence-electron chi connectivity index (χ1n) is 4.92. The molecule has 1 aliphatic carbocycles. The molecule has 1 aliphatic rings. The molecule has 3 nitrogen and oxygen atoms in total. The zero-order chi connectivity index (χ0) is 9.64. The molecule has 0 saturated heterocycles. The Kier molecular flexibility index (Phi) is 1.72. The van der Waals surface area contributed by atoms with E-state index in [1.807, 2.05) is 6.92 Å². The maximum Gasteiger partial charge on any atom is 0.147 e. The van der Waals surface area contributed by atoms with Gasteiger partial charge in [0.1, 0.15) is 11.6 Å². The Labute approximate surface area is 79.2 Å². The predicted molar refractivity (Wildman–Crippen MR) is 51.7 cm³/mol. The van der Waals surface area contributed by atoms with Crippen LogP contribution in [0.25, 0.3) is 0 Å². The maximum atomic E-state index is 4.49. The summed E-state index contributed by atoms with van der Waals surface area (Å²) >= 11 is 0. The summed E-state index contributed by atoms with van der Waals surface area (Å²) in [6.07, 6.45) is 2.57. The second-order valence-electron chi connectivity index (χ2n) is 4.87. The van der Waals surface area contributed by atoms with Crippen LogP contribution in [0.4, 0.5) is 0 Å². The van der Waals surface area contributed by atoms with Gasteiger partial charge in [0, 0.05) is 5.92 Å². The normalized spacial score (nSPS) is 17.8. The molecule has 0 amide bonds. The van der Waals surface area contributed by atoms with Gasteiger partial charge in [-0.2, -0.15) is 5.10 Å². The maximum absolute atomic E-state index is 4.49. The van der Waals surface area contributed by atoms with E-state index < -0.39 is 0 Å². The molecular weight excluding hydrogens is 162 g/mol. The van der Waals surface area contributed by atoms with Crippen molar-refractivity contribution in [3.63, 3.8) is 0 Å². The molecule has 0 radical (unpaired) electrons. The van der Waals surface area contributed by atoms with E-state index in [2.05, 4.69) is 35.5 Å². The van der Waals surface area contributed by atoms with Crippen LogP contribution < -0.4 is 0 Å². The van der Waals surface area contributed by atoms with Crippen molar-refractivity contribution in [2.24, 2.45) is 0 Å². The molecule has 1 fully saturated rings. The molecule has 0 unspecified atom stereocenters. The quantitative estimate of drug-likeness (QED) is 0.661. The van der Waals surface area contributed by atoms with Crippen molar-refractivity contribution < 1.29 is 0 Å². The van der Waals surface area contributed by atoms with E-state index in [4.69, 9.17) is 0 Å². The average molecular weight is 179 g/mol. The van der Waals surface area contributed by atoms with Gasteiger partial charge in [-0.05, 0) is 40.5 Å². The van der Waals surface area contributed by atoms with Crippen LogP contribution in [0.3, 0.4) is 0 Å². The van der Waals surface area contributed by atoms with Crippen molar-refractivity contribution in [3.8, 4) is 0 Å². The first-order valence-corrected chi connectivity index (χ1v) is 4.92. The fourth-order valence-corrected chi connectivity index (χ4v) is 1.53. The number of hydrogen-bond donors (Lipinski definition) is 0. The number of aryl methyl sites for hydroxylation is 1. The van der Waals surface area contributed by atoms with Gasteiger partial charge < -0.3 is 0 Å². The van der Waals surface area contributed by atoms with Crippen LogP contribution in [-0.2, 0) is 5.54 Å². The Hall–Kier alpha value is -0.860. The van der Waals surface area contributed by atoms with E-state index in [1.165, 1.54) is 18.7 Å². The zero-order valence-corrected chi connectivity index (χ0v) is 8.83. The minimum absolute atomic E-state index is 0.0686. The van der Waals surface area contributed by atoms with Crippen LogP contribution in [0.15, 0.2) is 0 Å². The summed E-state index contributed by atoms with van der Waals surface area (Å²) in [5.41, 5.74) is 0.0686. The molecule has 1 aromatic rings. The highest BCUT2D eigenvalue weighted by Crippen LogP contribution is 2.40. The summed E-state index contributed by atoms with van der Waals surface area (Å²) < 4.78 is 2.08. The molecule has 3 heteroatoms. The van der Waals surface area contributed by atoms with E-state index in [9.17, 15) is 0 Å². The second kappa shape index (κ2) is 2.56. The van der Waals surface area contributed by atoms with Crippen molar-refractivity contribution in [1.29, 1.82) is 0 Å². The summed E-state index contributed by atoms with van der Waals surface area (Å²) in [6.45, 7) is 8.49. The smallest absolute Gasteiger partial charge is 0.147 e. The lowest BCUT2D eigenvalue weighted by Gasteiger charge is -2.21. The molecule has 0 spiro atoms. The lowest BCUT2D eigenvalue weighted by Crippen LogP contribution is -2.25. The van der Waals surface area contributed by atoms with E-state index in [0.717, 1.165) is 5.82 Å². The molecule has 0 atom stereocenters. The Bertz CT molecular complexity index is 315. The molecule has 13 heavy (non-hydrogen) atoms. The third-order valence-corrected chi connectivity index (χ3v) is 2.32. The third-order valence-electron chi connectivity index (χ3n) is 2.32. The molecule has 1 aromatic heterocycles. The number of aromatic nitrogens is 3. The summed E-state index contributed by atoms with van der Waals surface area (Å²) in [5.74, 6) is 2.77. The van der Waals surface area contributed by atoms with Gasteiger partial charge in [-0.25, -0.2) is 9.67 Å². The largest absolute Gasteiger partial charge is 0.244 e. The average Bonchev–Trinajstić information content (AvgIpc) is 2.73. The van der Waals surface area contributed by atoms with Gasteiger partial charge in [0.25, 0.3) is 0 Å². The monoisotopic (exact) mass is 179 g/mol. The summed E-state index contributed by atoms with van der Waals surface area (Å²) in [7, 11) is 0. The van der Waals surface area contributed by atoms with Crippen LogP contribution in [0.2, 0.25) is 0 Å². The minimum Gasteiger partial charge on any atom is -0.244 e. The fourth-order valence-electron chi connectivity index (χ4n) is 1.53. The Balaban J connectivity index is 2.42. The first-order chi connectivity index (χ1) is 5.98. The van der Waals surface area contributed by atoms with Gasteiger partial charge in [-0.1, -0.05) is 0 Å². The highest BCUT2D eigenvalue weighted by Gasteiger charge is 2.32. The standard InChI is InChI=1S/C10H17N3/c1-7-11-9(8-5-6-8)13(12-7)10(2,3)4/h8H,5-6H2,1-4H3. The van der Waals surface area contributed by atoms with Crippen molar-refractivity contribution >= 4 is 0 Å². The Morgan fingerprint density at radius 2 is 1.92 bits per heavy atom. The van der Waals surface area contributed by atoms with Gasteiger partial charge in [0.2, 0.25) is 0 Å². The van der Waals surface area contributed by atoms with Gasteiger partial charge >= 0.3 is 0 Å². The second-order valence-corrected chi connectivity index (χ2v) is 4.87. The molecule has 0 N–H and O–H groups in total. The third kappa shape index (κ3) is 1.60. The van der Waals surface area contributed by atoms with E-state index in [0.29, 0.717) is 5.92 Å². The summed E-state index contributed by atoms with van der Waals surface area (Å²) in [4.78, 5) is 4.49. The molecule has 0 bridgehead atoms. The molecule has 1 heterocycles. The Morgan fingerprint density at radius 3 is 2.38 bits per heavy atom. The van der Waals surface area contributed by atoms with E-state index >= 15 is 0 Å². The number of rotatable bonds is 1. The van der Waals surface area contributed by atoms with Gasteiger partial charge in [-0.15, -0.1) is 0 Å². The van der Waals surface area contributed by atoms with Gasteiger partial charge in [0.15, 0.2) is 0 Å². The molecule has 0 aromatic carbocycles. The fraction of sp³-hybridized carbons (Fsp3) is 0.800. The molecular formula is C10H17N3. The van der Waals surface area contributed by atoms with E-state index in [1.54, 1.807) is 0 Å². The molecule has 72 valence electrons. The lowest BCUT2D eigenvalue weighted by atomic mass is 10.1. The first kappa shape index (κ1) is 8.73. The van der Waals surface area contributed by atoms with Gasteiger partial charge in [0.05, 0.1) is 5.54 Å². The van der Waals surface area contributed by atoms with Crippen molar-refractivity contribution in [2.45, 2.75) is 52.0 Å². The van der Waals surface area contributed by atoms with Crippen molar-refractivity contribution in [1.82, 2.24) is 14.8 Å². The highest BCUT2D eigenvalue weighted by atomic mass is 15.4. The Morgan fingerprint density at radius 1 is 1.31 bits per heavy atom. The summed E-state index contributed by atoms with van der Waals surface area (Å²) in [5, 5.41) is 4.45. The zero-order valence-electron chi connectivity index (χ0n) is 8.83. The van der Waals surface area contributed by atoms with Crippen LogP contribution in [0.1, 0.15) is 51.2 Å². The highest BCUT2D eigenvalue weighted by molar-refractivity contribution is 5.08. The van der Waals surface area contributed by atoms with Crippen LogP contribution >= 0.6 is 0 Å². The van der Waals surface area contributed by atoms with Crippen LogP contribution in [-0.4, -0.2) is 14.8 Å². The lowest BCUT2D eigenvalue weighted by molar-refractivity contribution is 0.340. The number of hydrogen-bond acceptors (Lipinski definition) is 2. The van der Waals surface area contributed by atoms with Crippen molar-refractivity contribution in [2.75, 3.05) is 0 Å². The van der Waals surface area contributed by atoms with Crippen molar-refractivity contribution in [3.05, 3.63) is 11.6 Å². The van der Waals surface area contributed by atoms with Gasteiger partial charge in [-0.3, -0.25) is 0 Å². The van der Waals surface area contributed by atoms with E-state index in [-0.39, 0.29) is 5.54 Å². The molecule has 2 rings (SSSR count). The molecule has 0 aliphatic heterocycles. The topological polar surface area (TPSA) is 30.7 Å². The summed E-state index contributed by atoms with van der Waals surface area (Å²) in [6, 6.07) is 0. The van der Waals surface area contributed by atoms with Crippen LogP contribution in [0, 0.1) is 6.92 Å².